The van der Waals surface area contributed by atoms with Crippen LogP contribution in [0.5, 0.6) is 0 Å². The lowest BCUT2D eigenvalue weighted by Gasteiger charge is -2.16. The van der Waals surface area contributed by atoms with Gasteiger partial charge in [-0.05, 0) is 25.3 Å². The van der Waals surface area contributed by atoms with Crippen molar-refractivity contribution in [3.05, 3.63) is 0 Å². The molecule has 0 saturated carbocycles. The summed E-state index contributed by atoms with van der Waals surface area (Å²) in [5.41, 5.74) is 0. The lowest BCUT2D eigenvalue weighted by molar-refractivity contribution is 0.348. The molecule has 0 radical (unpaired) electrons. The molecule has 0 amide bonds. The molecule has 0 atom stereocenters. The SMILES string of the molecule is CCSCCN(C)CCNCC(C)C. The van der Waals surface area contributed by atoms with Crippen LogP contribution < -0.4 is 5.32 Å². The Balaban J connectivity index is 3.14. The van der Waals surface area contributed by atoms with Crippen molar-refractivity contribution in [1.29, 1.82) is 0 Å². The average molecular weight is 218 g/mol. The Kier molecular flexibility index (Phi) is 10.0. The maximum Gasteiger partial charge on any atom is 0.0104 e. The first kappa shape index (κ1) is 14.3. The summed E-state index contributed by atoms with van der Waals surface area (Å²) in [6.45, 7) is 11.3. The number of nitrogens with one attached hydrogen (secondary N) is 1. The molecule has 3 heteroatoms. The summed E-state index contributed by atoms with van der Waals surface area (Å²) in [5, 5.41) is 3.46. The van der Waals surface area contributed by atoms with E-state index in [0.29, 0.717) is 0 Å². The first-order valence-electron chi connectivity index (χ1n) is 5.63. The van der Waals surface area contributed by atoms with Gasteiger partial charge in [0.2, 0.25) is 0 Å². The maximum atomic E-state index is 3.46. The van der Waals surface area contributed by atoms with Gasteiger partial charge in [-0.2, -0.15) is 11.8 Å². The monoisotopic (exact) mass is 218 g/mol. The molecule has 0 rings (SSSR count). The highest BCUT2D eigenvalue weighted by atomic mass is 32.2. The predicted octanol–water partition coefficient (Wildman–Crippen LogP) is 1.92. The summed E-state index contributed by atoms with van der Waals surface area (Å²) in [4.78, 5) is 2.40. The Bertz CT molecular complexity index is 118. The quantitative estimate of drug-likeness (QED) is 0.595. The number of hydrogen-bond donors (Lipinski definition) is 1. The molecule has 86 valence electrons. The standard InChI is InChI=1S/C11H26N2S/c1-5-14-9-8-13(4)7-6-12-10-11(2)3/h11-12H,5-10H2,1-4H3. The molecule has 0 aliphatic carbocycles. The van der Waals surface area contributed by atoms with Crippen molar-refractivity contribution >= 4 is 11.8 Å². The van der Waals surface area contributed by atoms with Crippen molar-refractivity contribution in [1.82, 2.24) is 10.2 Å². The molecule has 0 saturated heterocycles. The molecule has 0 aliphatic rings. The van der Waals surface area contributed by atoms with E-state index < -0.39 is 0 Å². The van der Waals surface area contributed by atoms with Crippen LogP contribution in [0.2, 0.25) is 0 Å². The molecule has 0 bridgehead atoms. The molecule has 0 fully saturated rings. The second-order valence-corrected chi connectivity index (χ2v) is 5.49. The zero-order valence-corrected chi connectivity index (χ0v) is 11.0. The van der Waals surface area contributed by atoms with E-state index >= 15 is 0 Å². The molecular weight excluding hydrogens is 192 g/mol. The Labute approximate surface area is 93.8 Å². The number of hydrogen-bond acceptors (Lipinski definition) is 3. The van der Waals surface area contributed by atoms with Crippen molar-refractivity contribution in [2.45, 2.75) is 20.8 Å². The normalized spacial score (nSPS) is 11.6. The van der Waals surface area contributed by atoms with E-state index in [4.69, 9.17) is 0 Å². The van der Waals surface area contributed by atoms with Crippen molar-refractivity contribution in [3.63, 3.8) is 0 Å². The minimum atomic E-state index is 0.760. The minimum absolute atomic E-state index is 0.760. The van der Waals surface area contributed by atoms with Gasteiger partial charge in [0.1, 0.15) is 0 Å². The fraction of sp³-hybridized carbons (Fsp3) is 1.00. The smallest absolute Gasteiger partial charge is 0.0104 e. The highest BCUT2D eigenvalue weighted by Gasteiger charge is 1.97. The van der Waals surface area contributed by atoms with Crippen molar-refractivity contribution in [2.75, 3.05) is 44.7 Å². The Morgan fingerprint density at radius 2 is 2.00 bits per heavy atom. The van der Waals surface area contributed by atoms with Crippen LogP contribution in [0.1, 0.15) is 20.8 Å². The minimum Gasteiger partial charge on any atom is -0.315 e. The van der Waals surface area contributed by atoms with Gasteiger partial charge in [0.25, 0.3) is 0 Å². The van der Waals surface area contributed by atoms with E-state index in [1.165, 1.54) is 18.1 Å². The first-order chi connectivity index (χ1) is 6.66. The van der Waals surface area contributed by atoms with E-state index in [1.807, 2.05) is 11.8 Å². The van der Waals surface area contributed by atoms with Crippen LogP contribution in [0.25, 0.3) is 0 Å². The van der Waals surface area contributed by atoms with Gasteiger partial charge in [-0.15, -0.1) is 0 Å². The summed E-state index contributed by atoms with van der Waals surface area (Å²) in [5.74, 6) is 3.26. The van der Waals surface area contributed by atoms with Crippen LogP contribution in [0, 0.1) is 5.92 Å². The fourth-order valence-corrected chi connectivity index (χ4v) is 1.87. The molecule has 0 heterocycles. The van der Waals surface area contributed by atoms with Gasteiger partial charge in [0.15, 0.2) is 0 Å². The topological polar surface area (TPSA) is 15.3 Å². The highest BCUT2D eigenvalue weighted by molar-refractivity contribution is 7.99. The largest absolute Gasteiger partial charge is 0.315 e. The number of thioether (sulfide) groups is 1. The molecule has 1 N–H and O–H groups in total. The van der Waals surface area contributed by atoms with Crippen molar-refractivity contribution in [2.24, 2.45) is 5.92 Å². The number of nitrogens with zero attached hydrogens (tertiary/aromatic N) is 1. The lowest BCUT2D eigenvalue weighted by atomic mass is 10.2. The maximum absolute atomic E-state index is 3.46. The summed E-state index contributed by atoms with van der Waals surface area (Å²) >= 11 is 2.02. The van der Waals surface area contributed by atoms with Crippen LogP contribution >= 0.6 is 11.8 Å². The molecule has 0 spiro atoms. The van der Waals surface area contributed by atoms with Gasteiger partial charge < -0.3 is 10.2 Å². The molecule has 0 aromatic heterocycles. The van der Waals surface area contributed by atoms with Gasteiger partial charge in [-0.1, -0.05) is 20.8 Å². The molecule has 0 aromatic rings. The molecule has 14 heavy (non-hydrogen) atoms. The van der Waals surface area contributed by atoms with Crippen LogP contribution in [-0.2, 0) is 0 Å². The first-order valence-corrected chi connectivity index (χ1v) is 6.79. The Morgan fingerprint density at radius 3 is 2.57 bits per heavy atom. The van der Waals surface area contributed by atoms with E-state index in [2.05, 4.69) is 38.0 Å². The Hall–Kier alpha value is 0.270. The molecule has 0 unspecified atom stereocenters. The third-order valence-electron chi connectivity index (χ3n) is 2.04. The summed E-state index contributed by atoms with van der Waals surface area (Å²) < 4.78 is 0. The second kappa shape index (κ2) is 9.81. The molecule has 2 nitrogen and oxygen atoms in total. The highest BCUT2D eigenvalue weighted by Crippen LogP contribution is 1.98. The number of rotatable bonds is 9. The van der Waals surface area contributed by atoms with E-state index in [9.17, 15) is 0 Å². The van der Waals surface area contributed by atoms with Gasteiger partial charge in [-0.25, -0.2) is 0 Å². The van der Waals surface area contributed by atoms with Gasteiger partial charge in [-0.3, -0.25) is 0 Å². The van der Waals surface area contributed by atoms with Crippen LogP contribution in [-0.4, -0.2) is 49.6 Å². The van der Waals surface area contributed by atoms with Gasteiger partial charge >= 0.3 is 0 Å². The third-order valence-corrected chi connectivity index (χ3v) is 2.92. The number of likely N-dealkylation sites (N-methyl/N-ethyl adjacent to an activating group) is 1. The summed E-state index contributed by atoms with van der Waals surface area (Å²) in [6.07, 6.45) is 0. The zero-order chi connectivity index (χ0) is 10.8. The zero-order valence-electron chi connectivity index (χ0n) is 10.2. The van der Waals surface area contributed by atoms with E-state index in [-0.39, 0.29) is 0 Å². The fourth-order valence-electron chi connectivity index (χ4n) is 1.14. The second-order valence-electron chi connectivity index (χ2n) is 4.10. The summed E-state index contributed by atoms with van der Waals surface area (Å²) in [6, 6.07) is 0. The van der Waals surface area contributed by atoms with Gasteiger partial charge in [0.05, 0.1) is 0 Å². The van der Waals surface area contributed by atoms with Crippen molar-refractivity contribution < 1.29 is 0 Å². The third kappa shape index (κ3) is 10.4. The van der Waals surface area contributed by atoms with Gasteiger partial charge in [0, 0.05) is 25.4 Å². The Morgan fingerprint density at radius 1 is 1.29 bits per heavy atom. The summed E-state index contributed by atoms with van der Waals surface area (Å²) in [7, 11) is 2.20. The van der Waals surface area contributed by atoms with E-state index in [1.54, 1.807) is 0 Å². The van der Waals surface area contributed by atoms with Crippen LogP contribution in [0.4, 0.5) is 0 Å². The predicted molar refractivity (Wildman–Crippen MR) is 68.2 cm³/mol. The molecule has 0 aliphatic heterocycles. The van der Waals surface area contributed by atoms with Crippen LogP contribution in [0.3, 0.4) is 0 Å². The van der Waals surface area contributed by atoms with E-state index in [0.717, 1.165) is 25.6 Å². The van der Waals surface area contributed by atoms with Crippen LogP contribution in [0.15, 0.2) is 0 Å². The average Bonchev–Trinajstić information content (AvgIpc) is 2.13. The molecular formula is C11H26N2S. The van der Waals surface area contributed by atoms with Crippen molar-refractivity contribution in [3.8, 4) is 0 Å². The molecule has 0 aromatic carbocycles. The lowest BCUT2D eigenvalue weighted by Crippen LogP contribution is -2.32.